The van der Waals surface area contributed by atoms with Gasteiger partial charge in [0.05, 0.1) is 10.8 Å². The van der Waals surface area contributed by atoms with Gasteiger partial charge in [-0.25, -0.2) is 4.39 Å². The van der Waals surface area contributed by atoms with Crippen LogP contribution in [-0.2, 0) is 15.6 Å². The Morgan fingerprint density at radius 1 is 1.28 bits per heavy atom. The van der Waals surface area contributed by atoms with E-state index >= 15 is 0 Å². The van der Waals surface area contributed by atoms with Crippen LogP contribution in [0, 0.1) is 5.82 Å². The van der Waals surface area contributed by atoms with Crippen LogP contribution in [0.5, 0.6) is 0 Å². The molecule has 1 amide bonds. The summed E-state index contributed by atoms with van der Waals surface area (Å²) in [6, 6.07) is 5.61. The van der Waals surface area contributed by atoms with Gasteiger partial charge in [0.2, 0.25) is 5.91 Å². The van der Waals surface area contributed by atoms with Crippen LogP contribution in [0.1, 0.15) is 19.3 Å². The van der Waals surface area contributed by atoms with Gasteiger partial charge in [-0.05, 0) is 37.5 Å². The second kappa shape index (κ2) is 6.09. The van der Waals surface area contributed by atoms with Crippen LogP contribution in [0.15, 0.2) is 29.2 Å². The third kappa shape index (κ3) is 3.38. The zero-order valence-corrected chi connectivity index (χ0v) is 10.9. The maximum atomic E-state index is 13.0. The Bertz CT molecular complexity index is 458. The third-order valence-corrected chi connectivity index (χ3v) is 4.31. The highest BCUT2D eigenvalue weighted by Gasteiger charge is 2.19. The Labute approximate surface area is 108 Å². The lowest BCUT2D eigenvalue weighted by atomic mass is 10.1. The summed E-state index contributed by atoms with van der Waals surface area (Å²) >= 11 is 0. The Balaban J connectivity index is 1.96. The molecule has 1 unspecified atom stereocenters. The molecule has 1 aliphatic heterocycles. The molecule has 5 heteroatoms. The van der Waals surface area contributed by atoms with E-state index in [4.69, 9.17) is 0 Å². The number of rotatable bonds is 3. The topological polar surface area (TPSA) is 37.4 Å². The summed E-state index contributed by atoms with van der Waals surface area (Å²) in [4.78, 5) is 14.0. The van der Waals surface area contributed by atoms with Crippen molar-refractivity contribution in [2.24, 2.45) is 0 Å². The molecule has 0 bridgehead atoms. The molecule has 0 saturated carbocycles. The van der Waals surface area contributed by atoms with E-state index in [-0.39, 0.29) is 11.7 Å². The van der Waals surface area contributed by atoms with Gasteiger partial charge >= 0.3 is 0 Å². The average molecular weight is 269 g/mol. The molecule has 0 aromatic heterocycles. The van der Waals surface area contributed by atoms with Crippen molar-refractivity contribution in [3.63, 3.8) is 0 Å². The predicted octanol–water partition coefficient (Wildman–Crippen LogP) is 1.95. The minimum Gasteiger partial charge on any atom is -0.342 e. The lowest BCUT2D eigenvalue weighted by Crippen LogP contribution is -2.38. The molecule has 0 aliphatic carbocycles. The number of halogens is 1. The summed E-state index contributed by atoms with van der Waals surface area (Å²) in [6.45, 7) is 1.50. The summed E-state index contributed by atoms with van der Waals surface area (Å²) in [5, 5.41) is 0. The minimum atomic E-state index is -1.46. The summed E-state index contributed by atoms with van der Waals surface area (Å²) in [5.74, 6) is -0.577. The molecule has 0 radical (unpaired) electrons. The fourth-order valence-electron chi connectivity index (χ4n) is 2.04. The first-order valence-corrected chi connectivity index (χ1v) is 7.40. The van der Waals surface area contributed by atoms with E-state index in [0.717, 1.165) is 32.4 Å². The zero-order chi connectivity index (χ0) is 13.0. The van der Waals surface area contributed by atoms with Crippen LogP contribution in [-0.4, -0.2) is 33.9 Å². The molecule has 18 heavy (non-hydrogen) atoms. The Hall–Kier alpha value is -1.23. The predicted molar refractivity (Wildman–Crippen MR) is 68.1 cm³/mol. The maximum Gasteiger partial charge on any atom is 0.235 e. The molecule has 1 atom stereocenters. The molecule has 0 N–H and O–H groups in total. The van der Waals surface area contributed by atoms with Gasteiger partial charge in [0, 0.05) is 18.0 Å². The number of carbonyl (C=O) groups excluding carboxylic acids is 1. The second-order valence-corrected chi connectivity index (χ2v) is 5.84. The van der Waals surface area contributed by atoms with Gasteiger partial charge in [-0.1, -0.05) is 6.07 Å². The standard InChI is InChI=1S/C13H16FNO2S/c14-11-5-4-6-12(9-11)18(17)10-13(16)15-7-2-1-3-8-15/h4-6,9H,1-3,7-8,10H2. The van der Waals surface area contributed by atoms with Crippen molar-refractivity contribution in [2.45, 2.75) is 24.2 Å². The van der Waals surface area contributed by atoms with Gasteiger partial charge < -0.3 is 4.90 Å². The van der Waals surface area contributed by atoms with E-state index in [0.29, 0.717) is 4.90 Å². The van der Waals surface area contributed by atoms with Crippen LogP contribution in [0.2, 0.25) is 0 Å². The SMILES string of the molecule is O=C(CS(=O)c1cccc(F)c1)N1CCCCC1. The first-order chi connectivity index (χ1) is 8.66. The van der Waals surface area contributed by atoms with Crippen molar-refractivity contribution >= 4 is 16.7 Å². The number of benzene rings is 1. The van der Waals surface area contributed by atoms with E-state index in [2.05, 4.69) is 0 Å². The van der Waals surface area contributed by atoms with Gasteiger partial charge in [0.15, 0.2) is 0 Å². The highest BCUT2D eigenvalue weighted by atomic mass is 32.2. The monoisotopic (exact) mass is 269 g/mol. The number of nitrogens with zero attached hydrogens (tertiary/aromatic N) is 1. The van der Waals surface area contributed by atoms with Gasteiger partial charge in [0.25, 0.3) is 0 Å². The number of hydrogen-bond donors (Lipinski definition) is 0. The number of likely N-dealkylation sites (tertiary alicyclic amines) is 1. The van der Waals surface area contributed by atoms with E-state index < -0.39 is 16.6 Å². The molecule has 0 spiro atoms. The summed E-state index contributed by atoms with van der Waals surface area (Å²) in [6.07, 6.45) is 3.17. The van der Waals surface area contributed by atoms with E-state index in [1.165, 1.54) is 18.2 Å². The van der Waals surface area contributed by atoms with E-state index in [9.17, 15) is 13.4 Å². The molecule has 1 heterocycles. The van der Waals surface area contributed by atoms with Gasteiger partial charge in [0.1, 0.15) is 11.6 Å². The maximum absolute atomic E-state index is 13.0. The smallest absolute Gasteiger partial charge is 0.235 e. The van der Waals surface area contributed by atoms with E-state index in [1.54, 1.807) is 11.0 Å². The summed E-state index contributed by atoms with van der Waals surface area (Å²) in [7, 11) is -1.46. The molecule has 1 saturated heterocycles. The first-order valence-electron chi connectivity index (χ1n) is 6.08. The number of amides is 1. The van der Waals surface area contributed by atoms with Gasteiger partial charge in [-0.3, -0.25) is 9.00 Å². The summed E-state index contributed by atoms with van der Waals surface area (Å²) in [5.41, 5.74) is 0. The summed E-state index contributed by atoms with van der Waals surface area (Å²) < 4.78 is 24.9. The average Bonchev–Trinajstić information content (AvgIpc) is 2.39. The van der Waals surface area contributed by atoms with Crippen molar-refractivity contribution in [2.75, 3.05) is 18.8 Å². The van der Waals surface area contributed by atoms with Crippen LogP contribution >= 0.6 is 0 Å². The molecule has 1 aliphatic rings. The Morgan fingerprint density at radius 3 is 2.67 bits per heavy atom. The molecule has 2 rings (SSSR count). The van der Waals surface area contributed by atoms with Crippen LogP contribution in [0.4, 0.5) is 4.39 Å². The molecule has 3 nitrogen and oxygen atoms in total. The molecular formula is C13H16FNO2S. The second-order valence-electron chi connectivity index (χ2n) is 4.39. The fraction of sp³-hybridized carbons (Fsp3) is 0.462. The quantitative estimate of drug-likeness (QED) is 0.841. The first kappa shape index (κ1) is 13.2. The number of hydrogen-bond acceptors (Lipinski definition) is 2. The molecule has 1 aromatic carbocycles. The largest absolute Gasteiger partial charge is 0.342 e. The van der Waals surface area contributed by atoms with Crippen molar-refractivity contribution in [1.29, 1.82) is 0 Å². The van der Waals surface area contributed by atoms with Crippen molar-refractivity contribution in [3.8, 4) is 0 Å². The van der Waals surface area contributed by atoms with Crippen LogP contribution in [0.25, 0.3) is 0 Å². The lowest BCUT2D eigenvalue weighted by molar-refractivity contribution is -0.129. The zero-order valence-electron chi connectivity index (χ0n) is 10.1. The van der Waals surface area contributed by atoms with Gasteiger partial charge in [-0.15, -0.1) is 0 Å². The highest BCUT2D eigenvalue weighted by molar-refractivity contribution is 7.85. The molecule has 1 fully saturated rings. The van der Waals surface area contributed by atoms with Crippen molar-refractivity contribution < 1.29 is 13.4 Å². The minimum absolute atomic E-state index is 0.0521. The third-order valence-electron chi connectivity index (χ3n) is 3.02. The van der Waals surface area contributed by atoms with Crippen molar-refractivity contribution in [3.05, 3.63) is 30.1 Å². The molecular weight excluding hydrogens is 253 g/mol. The molecule has 1 aromatic rings. The van der Waals surface area contributed by atoms with Crippen molar-refractivity contribution in [1.82, 2.24) is 4.90 Å². The fourth-order valence-corrected chi connectivity index (χ4v) is 3.09. The Morgan fingerprint density at radius 2 is 2.00 bits per heavy atom. The highest BCUT2D eigenvalue weighted by Crippen LogP contribution is 2.12. The van der Waals surface area contributed by atoms with Gasteiger partial charge in [-0.2, -0.15) is 0 Å². The van der Waals surface area contributed by atoms with Crippen LogP contribution in [0.3, 0.4) is 0 Å². The lowest BCUT2D eigenvalue weighted by Gasteiger charge is -2.26. The van der Waals surface area contributed by atoms with Crippen LogP contribution < -0.4 is 0 Å². The number of piperidine rings is 1. The number of carbonyl (C=O) groups is 1. The van der Waals surface area contributed by atoms with E-state index in [1.807, 2.05) is 0 Å². The Kier molecular flexibility index (Phi) is 4.47. The normalized spacial score (nSPS) is 17.5. The molecule has 98 valence electrons.